The van der Waals surface area contributed by atoms with E-state index in [1.54, 1.807) is 23.3 Å². The van der Waals surface area contributed by atoms with Crippen LogP contribution in [-0.4, -0.2) is 5.43 Å². The zero-order valence-corrected chi connectivity index (χ0v) is 36.2. The van der Waals surface area contributed by atoms with Crippen LogP contribution in [0.2, 0.25) is 13.1 Å². The first-order valence-corrected chi connectivity index (χ1v) is 24.1. The average molecular weight is 823 g/mol. The molecule has 9 rings (SSSR count). The molecule has 9 aromatic carbocycles. The molecule has 0 radical (unpaired) electrons. The molecule has 0 unspecified atom stereocenters. The van der Waals surface area contributed by atoms with Crippen molar-refractivity contribution in [1.82, 2.24) is 0 Å². The van der Waals surface area contributed by atoms with E-state index in [1.807, 2.05) is 0 Å². The standard InChI is InChI=1S/C26H21.C21H17.C2H6Si.2ClH.Zr/c1-17(2)20-15-19-8-5-10-24(26(19)16-20)23-12-6-11-22-21-9-4-3-7-18(21)13-14-25(22)23;1-14-12-20-15(2)10-11-19(21(20)13-14)18-9-5-7-16-6-3-4-8-17(16)18;1-3-2;;;/h3-17H,1-2H3;3-13H,1-2H3;1-2H3;2*1H;/q2*-1;;;;+2/p-2. The van der Waals surface area contributed by atoms with Gasteiger partial charge in [0.25, 0.3) is 0 Å². The number of halogens is 2. The molecule has 0 saturated carbocycles. The smallest absolute Gasteiger partial charge is 0.0114 e. The minimum atomic E-state index is 0. The van der Waals surface area contributed by atoms with Crippen LogP contribution in [0, 0.1) is 13.8 Å². The number of hydrogen-bond donors (Lipinski definition) is 0. The SMILES string of the molecule is CC(C)c1cc2c(-c3cccc4c3ccc3ccccc34)cccc2[cH-]1.C[Si](C)=[Zr+2].Cc1cc2c(-c3cccc4ccccc34)ccc(C)c2[cH-]1.[Cl-].[Cl-]. The second kappa shape index (κ2) is 17.6. The van der Waals surface area contributed by atoms with Gasteiger partial charge in [-0.15, -0.1) is 68.6 Å². The monoisotopic (exact) mass is 820 g/mol. The minimum absolute atomic E-state index is 0. The number of rotatable bonds is 3. The van der Waals surface area contributed by atoms with Crippen LogP contribution < -0.4 is 24.8 Å². The van der Waals surface area contributed by atoms with Gasteiger partial charge in [0.1, 0.15) is 0 Å². The first-order valence-electron chi connectivity index (χ1n) is 18.0. The van der Waals surface area contributed by atoms with Crippen molar-refractivity contribution >= 4 is 59.3 Å². The van der Waals surface area contributed by atoms with E-state index in [9.17, 15) is 0 Å². The fourth-order valence-corrected chi connectivity index (χ4v) is 7.39. The molecule has 0 bridgehead atoms. The van der Waals surface area contributed by atoms with E-state index in [2.05, 4.69) is 192 Å². The number of fused-ring (bicyclic) bond motifs is 6. The normalized spacial score (nSPS) is 10.8. The van der Waals surface area contributed by atoms with Crippen LogP contribution in [-0.2, 0) is 23.3 Å². The topological polar surface area (TPSA) is 0 Å². The first-order chi connectivity index (χ1) is 24.7. The molecule has 0 amide bonds. The van der Waals surface area contributed by atoms with Crippen molar-refractivity contribution in [2.24, 2.45) is 0 Å². The molecule has 53 heavy (non-hydrogen) atoms. The quantitative estimate of drug-likeness (QED) is 0.0955. The molecule has 0 aliphatic heterocycles. The number of hydrogen-bond acceptors (Lipinski definition) is 0. The molecule has 0 aliphatic carbocycles. The largest absolute Gasteiger partial charge is 1.00 e. The van der Waals surface area contributed by atoms with E-state index >= 15 is 0 Å². The molecule has 0 nitrogen and oxygen atoms in total. The maximum Gasteiger partial charge on any atom is -0.0114 e. The van der Waals surface area contributed by atoms with Gasteiger partial charge in [-0.3, -0.25) is 0 Å². The second-order valence-corrected chi connectivity index (χ2v) is 23.6. The van der Waals surface area contributed by atoms with Crippen molar-refractivity contribution in [2.45, 2.75) is 46.7 Å². The molecular weight excluding hydrogens is 779 g/mol. The third-order valence-electron chi connectivity index (χ3n) is 9.85. The maximum atomic E-state index is 2.37. The summed E-state index contributed by atoms with van der Waals surface area (Å²) in [6, 6.07) is 55.5. The van der Waals surface area contributed by atoms with Crippen LogP contribution in [0.4, 0.5) is 0 Å². The van der Waals surface area contributed by atoms with Crippen LogP contribution >= 0.6 is 0 Å². The van der Waals surface area contributed by atoms with Gasteiger partial charge in [-0.25, -0.2) is 0 Å². The third-order valence-corrected chi connectivity index (χ3v) is 9.85. The van der Waals surface area contributed by atoms with Gasteiger partial charge in [0, 0.05) is 0 Å². The van der Waals surface area contributed by atoms with Crippen molar-refractivity contribution in [3.8, 4) is 22.3 Å². The summed E-state index contributed by atoms with van der Waals surface area (Å²) in [4.78, 5) is 0. The van der Waals surface area contributed by atoms with Crippen LogP contribution in [0.15, 0.2) is 152 Å². The van der Waals surface area contributed by atoms with Gasteiger partial charge < -0.3 is 24.8 Å². The molecular formula is C49H44Cl2SiZr-2. The van der Waals surface area contributed by atoms with Gasteiger partial charge >= 0.3 is 41.9 Å². The first kappa shape index (κ1) is 40.4. The Hall–Kier alpha value is -3.78. The van der Waals surface area contributed by atoms with E-state index in [0.717, 1.165) is 0 Å². The van der Waals surface area contributed by atoms with E-state index in [0.29, 0.717) is 5.92 Å². The Kier molecular flexibility index (Phi) is 13.4. The minimum Gasteiger partial charge on any atom is -1.00 e. The molecule has 264 valence electrons. The Labute approximate surface area is 342 Å². The molecule has 0 saturated heterocycles. The summed E-state index contributed by atoms with van der Waals surface area (Å²) in [5, 5.41) is 13.3. The van der Waals surface area contributed by atoms with E-state index < -0.39 is 0 Å². The molecule has 0 aromatic heterocycles. The molecule has 0 atom stereocenters. The van der Waals surface area contributed by atoms with Crippen molar-refractivity contribution in [3.05, 3.63) is 168 Å². The van der Waals surface area contributed by atoms with Crippen molar-refractivity contribution in [1.29, 1.82) is 0 Å². The van der Waals surface area contributed by atoms with Crippen LogP contribution in [0.1, 0.15) is 36.5 Å². The number of aryl methyl sites for hydroxylation is 2. The van der Waals surface area contributed by atoms with Gasteiger partial charge in [-0.2, -0.15) is 12.1 Å². The van der Waals surface area contributed by atoms with Crippen LogP contribution in [0.25, 0.3) is 76.1 Å². The summed E-state index contributed by atoms with van der Waals surface area (Å²) < 4.78 is 0. The van der Waals surface area contributed by atoms with E-state index in [4.69, 9.17) is 0 Å². The van der Waals surface area contributed by atoms with Gasteiger partial charge in [0.05, 0.1) is 0 Å². The van der Waals surface area contributed by atoms with E-state index in [1.165, 1.54) is 92.8 Å². The molecule has 9 aromatic rings. The van der Waals surface area contributed by atoms with E-state index in [-0.39, 0.29) is 30.2 Å². The Bertz CT molecular complexity index is 2690. The summed E-state index contributed by atoms with van der Waals surface area (Å²) >= 11 is 1.74. The van der Waals surface area contributed by atoms with Crippen molar-refractivity contribution < 1.29 is 48.1 Å². The predicted octanol–water partition coefficient (Wildman–Crippen LogP) is 8.44. The zero-order chi connectivity index (χ0) is 35.6. The van der Waals surface area contributed by atoms with Gasteiger partial charge in [0.2, 0.25) is 0 Å². The zero-order valence-electron chi connectivity index (χ0n) is 31.3. The Balaban J connectivity index is 0.000000183. The summed E-state index contributed by atoms with van der Waals surface area (Å²) in [6.07, 6.45) is 0. The average Bonchev–Trinajstić information content (AvgIpc) is 3.76. The van der Waals surface area contributed by atoms with Gasteiger partial charge in [-0.1, -0.05) is 148 Å². The molecule has 0 N–H and O–H groups in total. The summed E-state index contributed by atoms with van der Waals surface area (Å²) in [5.41, 5.74) is 9.61. The Morgan fingerprint density at radius 2 is 1.02 bits per heavy atom. The summed E-state index contributed by atoms with van der Waals surface area (Å²) in [5.74, 6) is 0.548. The Morgan fingerprint density at radius 3 is 1.72 bits per heavy atom. The summed E-state index contributed by atoms with van der Waals surface area (Å²) in [6.45, 7) is 13.5. The van der Waals surface area contributed by atoms with Crippen molar-refractivity contribution in [3.63, 3.8) is 0 Å². The Morgan fingerprint density at radius 1 is 0.491 bits per heavy atom. The van der Waals surface area contributed by atoms with Gasteiger partial charge in [-0.05, 0) is 49.4 Å². The molecule has 0 aliphatic rings. The molecule has 0 heterocycles. The molecule has 0 fully saturated rings. The fraction of sp³-hybridized carbons (Fsp3) is 0.143. The molecule has 0 spiro atoms. The third kappa shape index (κ3) is 8.48. The fourth-order valence-electron chi connectivity index (χ4n) is 7.39. The number of benzene rings is 7. The van der Waals surface area contributed by atoms with Crippen LogP contribution in [0.3, 0.4) is 0 Å². The maximum absolute atomic E-state index is 2.37. The van der Waals surface area contributed by atoms with Crippen LogP contribution in [0.5, 0.6) is 0 Å². The van der Waals surface area contributed by atoms with Gasteiger partial charge in [0.15, 0.2) is 0 Å². The second-order valence-electron chi connectivity index (χ2n) is 14.3. The predicted molar refractivity (Wildman–Crippen MR) is 224 cm³/mol. The summed E-state index contributed by atoms with van der Waals surface area (Å²) in [7, 11) is 0. The molecule has 4 heteroatoms. The van der Waals surface area contributed by atoms with Crippen molar-refractivity contribution in [2.75, 3.05) is 0 Å².